The normalized spacial score (nSPS) is 18.7. The number of hydrogen-bond donors (Lipinski definition) is 0. The Kier molecular flexibility index (Phi) is 4.69. The molecule has 136 valence electrons. The minimum atomic E-state index is 0.0606. The first-order chi connectivity index (χ1) is 12.8. The van der Waals surface area contributed by atoms with Crippen molar-refractivity contribution in [2.45, 2.75) is 25.8 Å². The molecule has 0 aliphatic carbocycles. The van der Waals surface area contributed by atoms with E-state index in [1.807, 2.05) is 54.3 Å². The van der Waals surface area contributed by atoms with Crippen LogP contribution in [0.3, 0.4) is 0 Å². The first kappa shape index (κ1) is 16.8. The van der Waals surface area contributed by atoms with Crippen LogP contribution in [0.4, 0.5) is 0 Å². The Morgan fingerprint density at radius 1 is 1.12 bits per heavy atom. The van der Waals surface area contributed by atoms with Crippen LogP contribution in [0.1, 0.15) is 41.7 Å². The molecule has 1 amide bonds. The van der Waals surface area contributed by atoms with Gasteiger partial charge in [0.15, 0.2) is 11.5 Å². The molecular weight excluding hydrogens is 330 g/mol. The second-order valence-electron chi connectivity index (χ2n) is 6.52. The van der Waals surface area contributed by atoms with Gasteiger partial charge in [-0.2, -0.15) is 0 Å². The zero-order chi connectivity index (χ0) is 17.9. The van der Waals surface area contributed by atoms with Crippen molar-refractivity contribution in [2.75, 3.05) is 26.4 Å². The van der Waals surface area contributed by atoms with E-state index in [2.05, 4.69) is 0 Å². The van der Waals surface area contributed by atoms with Crippen LogP contribution in [0.2, 0.25) is 0 Å². The summed E-state index contributed by atoms with van der Waals surface area (Å²) in [6.45, 7) is 4.48. The van der Waals surface area contributed by atoms with Crippen LogP contribution in [0.15, 0.2) is 42.5 Å². The van der Waals surface area contributed by atoms with Crippen LogP contribution in [-0.4, -0.2) is 37.2 Å². The van der Waals surface area contributed by atoms with Crippen LogP contribution in [0, 0.1) is 0 Å². The minimum Gasteiger partial charge on any atom is -0.494 e. The smallest absolute Gasteiger partial charge is 0.254 e. The Labute approximate surface area is 153 Å². The highest BCUT2D eigenvalue weighted by Gasteiger charge is 2.31. The summed E-state index contributed by atoms with van der Waals surface area (Å²) in [6, 6.07) is 13.5. The maximum atomic E-state index is 13.0. The van der Waals surface area contributed by atoms with E-state index in [9.17, 15) is 4.79 Å². The molecule has 0 radical (unpaired) electrons. The van der Waals surface area contributed by atoms with Gasteiger partial charge >= 0.3 is 0 Å². The Morgan fingerprint density at radius 2 is 1.88 bits per heavy atom. The third-order valence-corrected chi connectivity index (χ3v) is 4.88. The highest BCUT2D eigenvalue weighted by atomic mass is 16.6. The fraction of sp³-hybridized carbons (Fsp3) is 0.381. The molecule has 2 aliphatic heterocycles. The van der Waals surface area contributed by atoms with E-state index < -0.39 is 0 Å². The van der Waals surface area contributed by atoms with Gasteiger partial charge in [-0.15, -0.1) is 0 Å². The molecular formula is C21H23NO4. The second-order valence-corrected chi connectivity index (χ2v) is 6.52. The summed E-state index contributed by atoms with van der Waals surface area (Å²) >= 11 is 0. The number of nitrogens with zero attached hydrogens (tertiary/aromatic N) is 1. The Morgan fingerprint density at radius 3 is 2.65 bits per heavy atom. The SMILES string of the molecule is CCOc1ccc(C(=O)N2CCCC2c2ccc3c(c2)OCCO3)cc1. The average molecular weight is 353 g/mol. The van der Waals surface area contributed by atoms with Gasteiger partial charge in [0.1, 0.15) is 19.0 Å². The molecule has 5 heteroatoms. The maximum absolute atomic E-state index is 13.0. The third kappa shape index (κ3) is 3.21. The molecule has 0 aromatic heterocycles. The summed E-state index contributed by atoms with van der Waals surface area (Å²) in [6.07, 6.45) is 1.96. The molecule has 26 heavy (non-hydrogen) atoms. The lowest BCUT2D eigenvalue weighted by Crippen LogP contribution is -2.30. The molecule has 5 nitrogen and oxygen atoms in total. The Balaban J connectivity index is 1.55. The molecule has 4 rings (SSSR count). The maximum Gasteiger partial charge on any atom is 0.254 e. The molecule has 2 aromatic rings. The number of hydrogen-bond acceptors (Lipinski definition) is 4. The van der Waals surface area contributed by atoms with Crippen molar-refractivity contribution in [1.82, 2.24) is 4.90 Å². The average Bonchev–Trinajstić information content (AvgIpc) is 3.18. The first-order valence-electron chi connectivity index (χ1n) is 9.19. The molecule has 0 saturated carbocycles. The van der Waals surface area contributed by atoms with Crippen molar-refractivity contribution >= 4 is 5.91 Å². The van der Waals surface area contributed by atoms with E-state index in [-0.39, 0.29) is 11.9 Å². The lowest BCUT2D eigenvalue weighted by atomic mass is 10.0. The predicted molar refractivity (Wildman–Crippen MR) is 98.1 cm³/mol. The van der Waals surface area contributed by atoms with E-state index in [0.717, 1.165) is 42.2 Å². The van der Waals surface area contributed by atoms with Crippen molar-refractivity contribution in [2.24, 2.45) is 0 Å². The fourth-order valence-corrected chi connectivity index (χ4v) is 3.65. The van der Waals surface area contributed by atoms with Crippen LogP contribution in [0.5, 0.6) is 17.2 Å². The number of fused-ring (bicyclic) bond motifs is 1. The molecule has 1 fully saturated rings. The number of amides is 1. The summed E-state index contributed by atoms with van der Waals surface area (Å²) < 4.78 is 16.8. The zero-order valence-corrected chi connectivity index (χ0v) is 14.9. The quantitative estimate of drug-likeness (QED) is 0.838. The zero-order valence-electron chi connectivity index (χ0n) is 14.9. The van der Waals surface area contributed by atoms with E-state index in [4.69, 9.17) is 14.2 Å². The number of ether oxygens (including phenoxy) is 3. The molecule has 1 unspecified atom stereocenters. The van der Waals surface area contributed by atoms with Gasteiger partial charge in [-0.1, -0.05) is 6.07 Å². The fourth-order valence-electron chi connectivity index (χ4n) is 3.65. The predicted octanol–water partition coefficient (Wildman–Crippen LogP) is 3.83. The standard InChI is InChI=1S/C21H23NO4/c1-2-24-17-8-5-15(6-9-17)21(23)22-11-3-4-18(22)16-7-10-19-20(14-16)26-13-12-25-19/h5-10,14,18H,2-4,11-13H2,1H3. The molecule has 0 spiro atoms. The molecule has 2 aromatic carbocycles. The van der Waals surface area contributed by atoms with Gasteiger partial charge in [-0.3, -0.25) is 4.79 Å². The molecule has 1 saturated heterocycles. The van der Waals surface area contributed by atoms with Crippen molar-refractivity contribution in [3.05, 3.63) is 53.6 Å². The number of likely N-dealkylation sites (tertiary alicyclic amines) is 1. The minimum absolute atomic E-state index is 0.0606. The van der Waals surface area contributed by atoms with Gasteiger partial charge in [0.2, 0.25) is 0 Å². The van der Waals surface area contributed by atoms with Gasteiger partial charge < -0.3 is 19.1 Å². The Hall–Kier alpha value is -2.69. The van der Waals surface area contributed by atoms with E-state index in [0.29, 0.717) is 25.4 Å². The number of carbonyl (C=O) groups is 1. The van der Waals surface area contributed by atoms with E-state index in [1.165, 1.54) is 0 Å². The summed E-state index contributed by atoms with van der Waals surface area (Å²) in [5.74, 6) is 2.40. The van der Waals surface area contributed by atoms with Crippen molar-refractivity contribution in [1.29, 1.82) is 0 Å². The number of carbonyl (C=O) groups excluding carboxylic acids is 1. The highest BCUT2D eigenvalue weighted by molar-refractivity contribution is 5.94. The van der Waals surface area contributed by atoms with Gasteiger partial charge in [-0.05, 0) is 61.7 Å². The summed E-state index contributed by atoms with van der Waals surface area (Å²) in [5, 5.41) is 0. The van der Waals surface area contributed by atoms with Gasteiger partial charge in [0.05, 0.1) is 12.6 Å². The van der Waals surface area contributed by atoms with Crippen LogP contribution < -0.4 is 14.2 Å². The molecule has 2 heterocycles. The lowest BCUT2D eigenvalue weighted by molar-refractivity contribution is 0.0735. The van der Waals surface area contributed by atoms with Crippen molar-refractivity contribution in [3.63, 3.8) is 0 Å². The second kappa shape index (κ2) is 7.28. The van der Waals surface area contributed by atoms with Crippen molar-refractivity contribution < 1.29 is 19.0 Å². The van der Waals surface area contributed by atoms with E-state index in [1.54, 1.807) is 0 Å². The monoisotopic (exact) mass is 353 g/mol. The summed E-state index contributed by atoms with van der Waals surface area (Å²) in [5.41, 5.74) is 1.80. The van der Waals surface area contributed by atoms with Gasteiger partial charge in [-0.25, -0.2) is 0 Å². The summed E-state index contributed by atoms with van der Waals surface area (Å²) in [4.78, 5) is 15.0. The van der Waals surface area contributed by atoms with Crippen LogP contribution in [0.25, 0.3) is 0 Å². The summed E-state index contributed by atoms with van der Waals surface area (Å²) in [7, 11) is 0. The molecule has 1 atom stereocenters. The van der Waals surface area contributed by atoms with Crippen molar-refractivity contribution in [3.8, 4) is 17.2 Å². The lowest BCUT2D eigenvalue weighted by Gasteiger charge is -2.27. The van der Waals surface area contributed by atoms with Crippen LogP contribution in [-0.2, 0) is 0 Å². The molecule has 0 bridgehead atoms. The molecule has 2 aliphatic rings. The van der Waals surface area contributed by atoms with Crippen LogP contribution >= 0.6 is 0 Å². The van der Waals surface area contributed by atoms with E-state index >= 15 is 0 Å². The topological polar surface area (TPSA) is 48.0 Å². The third-order valence-electron chi connectivity index (χ3n) is 4.88. The van der Waals surface area contributed by atoms with Gasteiger partial charge in [0, 0.05) is 12.1 Å². The Bertz CT molecular complexity index is 787. The molecule has 0 N–H and O–H groups in total. The highest BCUT2D eigenvalue weighted by Crippen LogP contribution is 2.38. The largest absolute Gasteiger partial charge is 0.494 e. The number of rotatable bonds is 4. The first-order valence-corrected chi connectivity index (χ1v) is 9.19. The van der Waals surface area contributed by atoms with Gasteiger partial charge in [0.25, 0.3) is 5.91 Å². The number of benzene rings is 2.